The Balaban J connectivity index is 2.08. The summed E-state index contributed by atoms with van der Waals surface area (Å²) in [4.78, 5) is 2.74. The predicted octanol–water partition coefficient (Wildman–Crippen LogP) is 3.26. The maximum absolute atomic E-state index is 6.18. The molecule has 0 aromatic heterocycles. The maximum atomic E-state index is 6.18. The molecule has 4 atom stereocenters. The number of hydrogen-bond acceptors (Lipinski definition) is 2. The van der Waals surface area contributed by atoms with Crippen LogP contribution in [0.1, 0.15) is 59.8 Å². The van der Waals surface area contributed by atoms with Crippen molar-refractivity contribution in [1.82, 2.24) is 4.90 Å². The van der Waals surface area contributed by atoms with Crippen LogP contribution in [0.4, 0.5) is 0 Å². The molecule has 0 bridgehead atoms. The maximum Gasteiger partial charge on any atom is 0.0309 e. The van der Waals surface area contributed by atoms with Crippen LogP contribution in [-0.4, -0.2) is 29.6 Å². The number of likely N-dealkylation sites (tertiary alicyclic amines) is 1. The van der Waals surface area contributed by atoms with Gasteiger partial charge in [0.15, 0.2) is 0 Å². The van der Waals surface area contributed by atoms with E-state index in [4.69, 9.17) is 5.73 Å². The van der Waals surface area contributed by atoms with Crippen LogP contribution in [0.2, 0.25) is 0 Å². The molecule has 0 radical (unpaired) electrons. The molecule has 2 aliphatic rings. The Bertz CT molecular complexity index is 274. The molecule has 1 aliphatic carbocycles. The summed E-state index contributed by atoms with van der Waals surface area (Å²) >= 11 is 0. The minimum absolute atomic E-state index is 0.230. The molecule has 2 rings (SSSR count). The summed E-state index contributed by atoms with van der Waals surface area (Å²) in [6.07, 6.45) is 6.99. The largest absolute Gasteiger partial charge is 0.329 e. The van der Waals surface area contributed by atoms with Gasteiger partial charge in [0.1, 0.15) is 0 Å². The Labute approximate surface area is 113 Å². The normalized spacial score (nSPS) is 38.2. The van der Waals surface area contributed by atoms with E-state index in [1.165, 1.54) is 38.6 Å². The van der Waals surface area contributed by atoms with E-state index >= 15 is 0 Å². The van der Waals surface area contributed by atoms with E-state index in [0.717, 1.165) is 24.3 Å². The molecule has 0 aromatic rings. The zero-order chi connectivity index (χ0) is 13.3. The molecule has 1 saturated heterocycles. The molecule has 2 N–H and O–H groups in total. The van der Waals surface area contributed by atoms with Gasteiger partial charge in [-0.15, -0.1) is 0 Å². The van der Waals surface area contributed by atoms with Gasteiger partial charge in [0.2, 0.25) is 0 Å². The van der Waals surface area contributed by atoms with Gasteiger partial charge in [-0.05, 0) is 44.4 Å². The number of rotatable bonds is 4. The molecule has 1 heterocycles. The van der Waals surface area contributed by atoms with Crippen molar-refractivity contribution in [3.63, 3.8) is 0 Å². The van der Waals surface area contributed by atoms with Gasteiger partial charge < -0.3 is 5.73 Å². The highest BCUT2D eigenvalue weighted by Gasteiger charge is 2.41. The summed E-state index contributed by atoms with van der Waals surface area (Å²) in [5.74, 6) is 2.57. The van der Waals surface area contributed by atoms with Gasteiger partial charge in [0.25, 0.3) is 0 Å². The molecule has 2 heteroatoms. The van der Waals surface area contributed by atoms with Gasteiger partial charge >= 0.3 is 0 Å². The quantitative estimate of drug-likeness (QED) is 0.832. The Morgan fingerprint density at radius 3 is 2.39 bits per heavy atom. The topological polar surface area (TPSA) is 29.3 Å². The minimum atomic E-state index is 0.230. The van der Waals surface area contributed by atoms with Crippen molar-refractivity contribution in [2.45, 2.75) is 71.4 Å². The Hall–Kier alpha value is -0.0800. The van der Waals surface area contributed by atoms with Crippen molar-refractivity contribution in [3.05, 3.63) is 0 Å². The third-order valence-corrected chi connectivity index (χ3v) is 5.68. The molecular formula is C16H32N2. The zero-order valence-corrected chi connectivity index (χ0v) is 12.8. The molecule has 0 aromatic carbocycles. The molecular weight excluding hydrogens is 220 g/mol. The number of piperidine rings is 1. The highest BCUT2D eigenvalue weighted by atomic mass is 15.2. The average Bonchev–Trinajstić information content (AvgIpc) is 2.28. The molecule has 106 valence electrons. The summed E-state index contributed by atoms with van der Waals surface area (Å²) in [6.45, 7) is 11.7. The molecule has 0 amide bonds. The molecule has 18 heavy (non-hydrogen) atoms. The fraction of sp³-hybridized carbons (Fsp3) is 1.00. The Kier molecular flexibility index (Phi) is 4.38. The Morgan fingerprint density at radius 1 is 1.22 bits per heavy atom. The SMILES string of the molecule is CC1CC(C)C(C)N(C(C)(CN)CC2CCC2)C1. The van der Waals surface area contributed by atoms with Crippen LogP contribution in [0, 0.1) is 17.8 Å². The first-order valence-corrected chi connectivity index (χ1v) is 7.93. The molecule has 4 unspecified atom stereocenters. The Morgan fingerprint density at radius 2 is 1.89 bits per heavy atom. The molecule has 0 spiro atoms. The molecule has 2 fully saturated rings. The van der Waals surface area contributed by atoms with Crippen molar-refractivity contribution in [2.24, 2.45) is 23.5 Å². The van der Waals surface area contributed by atoms with Crippen LogP contribution < -0.4 is 5.73 Å². The number of nitrogens with two attached hydrogens (primary N) is 1. The van der Waals surface area contributed by atoms with E-state index in [1.807, 2.05) is 0 Å². The van der Waals surface area contributed by atoms with E-state index in [9.17, 15) is 0 Å². The van der Waals surface area contributed by atoms with Crippen LogP contribution in [0.15, 0.2) is 0 Å². The van der Waals surface area contributed by atoms with E-state index in [-0.39, 0.29) is 5.54 Å². The van der Waals surface area contributed by atoms with Gasteiger partial charge in [-0.2, -0.15) is 0 Å². The van der Waals surface area contributed by atoms with E-state index in [0.29, 0.717) is 6.04 Å². The van der Waals surface area contributed by atoms with E-state index < -0.39 is 0 Å². The van der Waals surface area contributed by atoms with Gasteiger partial charge in [0.05, 0.1) is 0 Å². The second kappa shape index (κ2) is 5.50. The summed E-state index contributed by atoms with van der Waals surface area (Å²) < 4.78 is 0. The van der Waals surface area contributed by atoms with Crippen LogP contribution in [0.5, 0.6) is 0 Å². The lowest BCUT2D eigenvalue weighted by atomic mass is 9.73. The van der Waals surface area contributed by atoms with Crippen LogP contribution >= 0.6 is 0 Å². The monoisotopic (exact) mass is 252 g/mol. The first kappa shape index (κ1) is 14.3. The van der Waals surface area contributed by atoms with Gasteiger partial charge in [0, 0.05) is 24.7 Å². The second-order valence-electron chi connectivity index (χ2n) is 7.41. The molecule has 2 nitrogen and oxygen atoms in total. The van der Waals surface area contributed by atoms with E-state index in [2.05, 4.69) is 32.6 Å². The summed E-state index contributed by atoms with van der Waals surface area (Å²) in [5.41, 5.74) is 6.41. The van der Waals surface area contributed by atoms with Crippen LogP contribution in [0.3, 0.4) is 0 Å². The minimum Gasteiger partial charge on any atom is -0.329 e. The summed E-state index contributed by atoms with van der Waals surface area (Å²) in [7, 11) is 0. The van der Waals surface area contributed by atoms with Crippen molar-refractivity contribution in [3.8, 4) is 0 Å². The lowest BCUT2D eigenvalue weighted by Gasteiger charge is -2.52. The average molecular weight is 252 g/mol. The third kappa shape index (κ3) is 2.75. The first-order chi connectivity index (χ1) is 8.46. The van der Waals surface area contributed by atoms with Crippen molar-refractivity contribution < 1.29 is 0 Å². The van der Waals surface area contributed by atoms with Gasteiger partial charge in [-0.25, -0.2) is 0 Å². The van der Waals surface area contributed by atoms with Gasteiger partial charge in [-0.3, -0.25) is 4.90 Å². The molecule has 1 saturated carbocycles. The predicted molar refractivity (Wildman–Crippen MR) is 78.5 cm³/mol. The number of nitrogens with zero attached hydrogens (tertiary/aromatic N) is 1. The van der Waals surface area contributed by atoms with Crippen molar-refractivity contribution in [1.29, 1.82) is 0 Å². The fourth-order valence-corrected chi connectivity index (χ4v) is 4.06. The van der Waals surface area contributed by atoms with Crippen LogP contribution in [0.25, 0.3) is 0 Å². The summed E-state index contributed by atoms with van der Waals surface area (Å²) in [6, 6.07) is 0.690. The fourth-order valence-electron chi connectivity index (χ4n) is 4.06. The number of hydrogen-bond donors (Lipinski definition) is 1. The highest BCUT2D eigenvalue weighted by molar-refractivity contribution is 4.97. The third-order valence-electron chi connectivity index (χ3n) is 5.68. The van der Waals surface area contributed by atoms with Crippen LogP contribution in [-0.2, 0) is 0 Å². The first-order valence-electron chi connectivity index (χ1n) is 7.93. The summed E-state index contributed by atoms with van der Waals surface area (Å²) in [5, 5.41) is 0. The lowest BCUT2D eigenvalue weighted by molar-refractivity contribution is -0.0246. The molecule has 1 aliphatic heterocycles. The lowest BCUT2D eigenvalue weighted by Crippen LogP contribution is -2.61. The zero-order valence-electron chi connectivity index (χ0n) is 12.8. The smallest absolute Gasteiger partial charge is 0.0309 e. The van der Waals surface area contributed by atoms with E-state index in [1.54, 1.807) is 0 Å². The standard InChI is InChI=1S/C16H32N2/c1-12-8-13(2)14(3)18(10-12)16(4,11-17)9-15-6-5-7-15/h12-15H,5-11,17H2,1-4H3. The highest BCUT2D eigenvalue weighted by Crippen LogP contribution is 2.39. The second-order valence-corrected chi connectivity index (χ2v) is 7.41. The van der Waals surface area contributed by atoms with Crippen molar-refractivity contribution >= 4 is 0 Å². The van der Waals surface area contributed by atoms with Gasteiger partial charge in [-0.1, -0.05) is 33.1 Å². The van der Waals surface area contributed by atoms with Crippen molar-refractivity contribution in [2.75, 3.05) is 13.1 Å².